The summed E-state index contributed by atoms with van der Waals surface area (Å²) < 4.78 is 28.6. The summed E-state index contributed by atoms with van der Waals surface area (Å²) in [6, 6.07) is 7.16. The van der Waals surface area contributed by atoms with Crippen LogP contribution in [0.3, 0.4) is 0 Å². The molecule has 1 aromatic carbocycles. The van der Waals surface area contributed by atoms with Gasteiger partial charge in [-0.1, -0.05) is 19.1 Å². The maximum Gasteiger partial charge on any atom is 0.155 e. The fraction of sp³-hybridized carbons (Fsp3) is 0.500. The van der Waals surface area contributed by atoms with Gasteiger partial charge < -0.3 is 10.5 Å². The molecule has 4 nitrogen and oxygen atoms in total. The van der Waals surface area contributed by atoms with Gasteiger partial charge in [0.25, 0.3) is 0 Å². The molecule has 1 aliphatic rings. The average molecular weight is 255 g/mol. The van der Waals surface area contributed by atoms with Gasteiger partial charge in [-0.2, -0.15) is 0 Å². The molecule has 0 spiro atoms. The minimum atomic E-state index is -3.04. The van der Waals surface area contributed by atoms with Gasteiger partial charge in [-0.25, -0.2) is 8.42 Å². The first kappa shape index (κ1) is 12.4. The predicted molar refractivity (Wildman–Crippen MR) is 67.0 cm³/mol. The molecule has 1 fully saturated rings. The summed E-state index contributed by atoms with van der Waals surface area (Å²) in [5, 5.41) is -0.416. The molecule has 0 aromatic heterocycles. The van der Waals surface area contributed by atoms with E-state index in [-0.39, 0.29) is 17.7 Å². The quantitative estimate of drug-likeness (QED) is 0.868. The molecule has 2 rings (SSSR count). The lowest BCUT2D eigenvalue weighted by atomic mass is 10.1. The fourth-order valence-electron chi connectivity index (χ4n) is 2.20. The SMILES string of the molecule is CCS(=O)(=O)C1C(N)C1c1ccc(OC)cc1. The third kappa shape index (κ3) is 2.17. The Hall–Kier alpha value is -1.07. The van der Waals surface area contributed by atoms with Crippen LogP contribution in [0.25, 0.3) is 0 Å². The molecule has 0 saturated heterocycles. The molecular formula is C12H17NO3S. The van der Waals surface area contributed by atoms with Gasteiger partial charge in [0.1, 0.15) is 5.75 Å². The predicted octanol–water partition coefficient (Wildman–Crippen LogP) is 0.923. The van der Waals surface area contributed by atoms with Crippen molar-refractivity contribution in [2.45, 2.75) is 24.1 Å². The van der Waals surface area contributed by atoms with Crippen LogP contribution in [0.1, 0.15) is 18.4 Å². The lowest BCUT2D eigenvalue weighted by Gasteiger charge is -2.02. The molecule has 0 aliphatic heterocycles. The van der Waals surface area contributed by atoms with Gasteiger partial charge in [0.15, 0.2) is 9.84 Å². The van der Waals surface area contributed by atoms with E-state index in [4.69, 9.17) is 10.5 Å². The number of ether oxygens (including phenoxy) is 1. The second-order valence-electron chi connectivity index (χ2n) is 4.29. The Morgan fingerprint density at radius 3 is 2.35 bits per heavy atom. The Kier molecular flexibility index (Phi) is 3.14. The van der Waals surface area contributed by atoms with Crippen molar-refractivity contribution in [3.63, 3.8) is 0 Å². The first-order valence-electron chi connectivity index (χ1n) is 5.62. The van der Waals surface area contributed by atoms with Crippen molar-refractivity contribution < 1.29 is 13.2 Å². The summed E-state index contributed by atoms with van der Waals surface area (Å²) in [6.45, 7) is 1.66. The minimum absolute atomic E-state index is 0.0640. The molecule has 5 heteroatoms. The van der Waals surface area contributed by atoms with E-state index in [0.717, 1.165) is 11.3 Å². The monoisotopic (exact) mass is 255 g/mol. The van der Waals surface area contributed by atoms with Crippen molar-refractivity contribution in [1.29, 1.82) is 0 Å². The summed E-state index contributed by atoms with van der Waals surface area (Å²) in [5.41, 5.74) is 6.84. The van der Waals surface area contributed by atoms with Gasteiger partial charge in [-0.15, -0.1) is 0 Å². The number of methoxy groups -OCH3 is 1. The normalized spacial score (nSPS) is 27.8. The molecule has 0 radical (unpaired) electrons. The molecule has 3 atom stereocenters. The third-order valence-corrected chi connectivity index (χ3v) is 5.57. The highest BCUT2D eigenvalue weighted by molar-refractivity contribution is 7.92. The van der Waals surface area contributed by atoms with Crippen molar-refractivity contribution >= 4 is 9.84 Å². The smallest absolute Gasteiger partial charge is 0.155 e. The molecule has 17 heavy (non-hydrogen) atoms. The molecule has 1 aliphatic carbocycles. The zero-order chi connectivity index (χ0) is 12.6. The lowest BCUT2D eigenvalue weighted by molar-refractivity contribution is 0.414. The number of nitrogens with two attached hydrogens (primary N) is 1. The summed E-state index contributed by atoms with van der Waals surface area (Å²) in [4.78, 5) is 0. The first-order chi connectivity index (χ1) is 8.01. The van der Waals surface area contributed by atoms with Gasteiger partial charge in [0.2, 0.25) is 0 Å². The fourth-order valence-corrected chi connectivity index (χ4v) is 3.93. The molecule has 94 valence electrons. The van der Waals surface area contributed by atoms with Crippen molar-refractivity contribution in [2.24, 2.45) is 5.73 Å². The van der Waals surface area contributed by atoms with E-state index in [9.17, 15) is 8.42 Å². The molecule has 1 saturated carbocycles. The maximum absolute atomic E-state index is 11.8. The van der Waals surface area contributed by atoms with Crippen LogP contribution in [-0.2, 0) is 9.84 Å². The second kappa shape index (κ2) is 4.31. The van der Waals surface area contributed by atoms with Crippen LogP contribution in [0.5, 0.6) is 5.75 Å². The molecule has 0 amide bonds. The van der Waals surface area contributed by atoms with Gasteiger partial charge in [-0.3, -0.25) is 0 Å². The van der Waals surface area contributed by atoms with Crippen LogP contribution >= 0.6 is 0 Å². The number of sulfone groups is 1. The van der Waals surface area contributed by atoms with Gasteiger partial charge in [0.05, 0.1) is 12.4 Å². The highest BCUT2D eigenvalue weighted by Gasteiger charge is 2.55. The van der Waals surface area contributed by atoms with Crippen molar-refractivity contribution in [2.75, 3.05) is 12.9 Å². The van der Waals surface area contributed by atoms with Crippen LogP contribution in [0, 0.1) is 0 Å². The van der Waals surface area contributed by atoms with E-state index < -0.39 is 15.1 Å². The first-order valence-corrected chi connectivity index (χ1v) is 7.34. The maximum atomic E-state index is 11.8. The molecule has 1 aromatic rings. The summed E-state index contributed by atoms with van der Waals surface area (Å²) in [7, 11) is -1.44. The van der Waals surface area contributed by atoms with Crippen LogP contribution in [0.15, 0.2) is 24.3 Å². The molecule has 2 N–H and O–H groups in total. The van der Waals surface area contributed by atoms with Crippen molar-refractivity contribution in [1.82, 2.24) is 0 Å². The van der Waals surface area contributed by atoms with E-state index in [2.05, 4.69) is 0 Å². The standard InChI is InChI=1S/C12H17NO3S/c1-3-17(14,15)12-10(11(12)13)8-4-6-9(16-2)7-5-8/h4-7,10-12H,3,13H2,1-2H3. The zero-order valence-electron chi connectivity index (χ0n) is 9.96. The highest BCUT2D eigenvalue weighted by atomic mass is 32.2. The molecular weight excluding hydrogens is 238 g/mol. The molecule has 0 heterocycles. The molecule has 0 bridgehead atoms. The van der Waals surface area contributed by atoms with E-state index in [0.29, 0.717) is 0 Å². The topological polar surface area (TPSA) is 69.4 Å². The third-order valence-electron chi connectivity index (χ3n) is 3.32. The van der Waals surface area contributed by atoms with Crippen LogP contribution in [-0.4, -0.2) is 32.6 Å². The van der Waals surface area contributed by atoms with E-state index in [1.54, 1.807) is 14.0 Å². The second-order valence-corrected chi connectivity index (χ2v) is 6.74. The molecule has 3 unspecified atom stereocenters. The van der Waals surface area contributed by atoms with E-state index in [1.807, 2.05) is 24.3 Å². The highest BCUT2D eigenvalue weighted by Crippen LogP contribution is 2.45. The van der Waals surface area contributed by atoms with Crippen LogP contribution in [0.4, 0.5) is 0 Å². The van der Waals surface area contributed by atoms with Crippen LogP contribution in [0.2, 0.25) is 0 Å². The Bertz CT molecular complexity index is 495. The number of hydrogen-bond donors (Lipinski definition) is 1. The van der Waals surface area contributed by atoms with Gasteiger partial charge >= 0.3 is 0 Å². The number of rotatable bonds is 4. The Labute approximate surface area is 102 Å². The van der Waals surface area contributed by atoms with E-state index >= 15 is 0 Å². The minimum Gasteiger partial charge on any atom is -0.497 e. The summed E-state index contributed by atoms with van der Waals surface area (Å²) in [5.74, 6) is 0.849. The summed E-state index contributed by atoms with van der Waals surface area (Å²) in [6.07, 6.45) is 0. The van der Waals surface area contributed by atoms with E-state index in [1.165, 1.54) is 0 Å². The number of hydrogen-bond acceptors (Lipinski definition) is 4. The van der Waals surface area contributed by atoms with Gasteiger partial charge in [0, 0.05) is 17.7 Å². The lowest BCUT2D eigenvalue weighted by Crippen LogP contribution is -2.17. The Morgan fingerprint density at radius 1 is 1.29 bits per heavy atom. The van der Waals surface area contributed by atoms with Gasteiger partial charge in [-0.05, 0) is 17.7 Å². The Morgan fingerprint density at radius 2 is 1.88 bits per heavy atom. The average Bonchev–Trinajstić information content (AvgIpc) is 3.02. The zero-order valence-corrected chi connectivity index (χ0v) is 10.8. The number of benzene rings is 1. The van der Waals surface area contributed by atoms with Crippen LogP contribution < -0.4 is 10.5 Å². The Balaban J connectivity index is 2.20. The summed E-state index contributed by atoms with van der Waals surface area (Å²) >= 11 is 0. The van der Waals surface area contributed by atoms with Crippen molar-refractivity contribution in [3.8, 4) is 5.75 Å². The van der Waals surface area contributed by atoms with Crippen molar-refractivity contribution in [3.05, 3.63) is 29.8 Å². The largest absolute Gasteiger partial charge is 0.497 e.